The molecule has 0 unspecified atom stereocenters. The normalized spacial score (nSPS) is 16.6. The van der Waals surface area contributed by atoms with Gasteiger partial charge in [-0.05, 0) is 36.6 Å². The van der Waals surface area contributed by atoms with Crippen molar-refractivity contribution < 1.29 is 14.3 Å². The minimum Gasteiger partial charge on any atom is -0.495 e. The Morgan fingerprint density at radius 3 is 2.62 bits per heavy atom. The Morgan fingerprint density at radius 2 is 1.84 bits per heavy atom. The van der Waals surface area contributed by atoms with E-state index in [2.05, 4.69) is 34.6 Å². The SMILES string of the molecule is C=CCN1C(=O)CCc2ccc(OCCCN3CCN(c4ccccc4OC)CC3)cc21. The number of benzene rings is 2. The lowest BCUT2D eigenvalue weighted by Crippen LogP contribution is -2.46. The minimum atomic E-state index is 0.154. The van der Waals surface area contributed by atoms with E-state index < -0.39 is 0 Å². The molecule has 0 atom stereocenters. The summed E-state index contributed by atoms with van der Waals surface area (Å²) in [5.41, 5.74) is 3.34. The summed E-state index contributed by atoms with van der Waals surface area (Å²) in [6, 6.07) is 14.3. The number of carbonyl (C=O) groups excluding carboxylic acids is 1. The van der Waals surface area contributed by atoms with E-state index >= 15 is 0 Å². The van der Waals surface area contributed by atoms with Gasteiger partial charge in [-0.2, -0.15) is 0 Å². The van der Waals surface area contributed by atoms with Crippen molar-refractivity contribution in [3.63, 3.8) is 0 Å². The lowest BCUT2D eigenvalue weighted by Gasteiger charge is -2.36. The van der Waals surface area contributed by atoms with Gasteiger partial charge in [-0.3, -0.25) is 9.69 Å². The van der Waals surface area contributed by atoms with E-state index in [1.165, 1.54) is 11.3 Å². The van der Waals surface area contributed by atoms with Crippen LogP contribution in [-0.4, -0.2) is 63.8 Å². The summed E-state index contributed by atoms with van der Waals surface area (Å²) >= 11 is 0. The monoisotopic (exact) mass is 435 g/mol. The molecule has 170 valence electrons. The number of fused-ring (bicyclic) bond motifs is 1. The summed E-state index contributed by atoms with van der Waals surface area (Å²) in [5, 5.41) is 0. The topological polar surface area (TPSA) is 45.2 Å². The van der Waals surface area contributed by atoms with E-state index in [9.17, 15) is 4.79 Å². The minimum absolute atomic E-state index is 0.154. The number of piperazine rings is 1. The van der Waals surface area contributed by atoms with Gasteiger partial charge in [0.15, 0.2) is 0 Å². The number of carbonyl (C=O) groups is 1. The molecule has 32 heavy (non-hydrogen) atoms. The molecule has 0 radical (unpaired) electrons. The van der Waals surface area contributed by atoms with Crippen LogP contribution in [0.4, 0.5) is 11.4 Å². The van der Waals surface area contributed by atoms with Crippen LogP contribution < -0.4 is 19.3 Å². The van der Waals surface area contributed by atoms with Crippen LogP contribution in [0.25, 0.3) is 0 Å². The first-order chi connectivity index (χ1) is 15.7. The number of anilines is 2. The van der Waals surface area contributed by atoms with Crippen LogP contribution in [0.5, 0.6) is 11.5 Å². The first-order valence-corrected chi connectivity index (χ1v) is 11.5. The molecule has 0 N–H and O–H groups in total. The Balaban J connectivity index is 1.23. The fraction of sp³-hybridized carbons (Fsp3) is 0.423. The van der Waals surface area contributed by atoms with Crippen molar-refractivity contribution in [2.75, 3.05) is 62.8 Å². The van der Waals surface area contributed by atoms with Crippen molar-refractivity contribution in [2.24, 2.45) is 0 Å². The highest BCUT2D eigenvalue weighted by molar-refractivity contribution is 5.96. The number of rotatable bonds is 9. The summed E-state index contributed by atoms with van der Waals surface area (Å²) in [6.07, 6.45) is 4.10. The number of aryl methyl sites for hydroxylation is 1. The van der Waals surface area contributed by atoms with Crippen LogP contribution in [0.1, 0.15) is 18.4 Å². The van der Waals surface area contributed by atoms with Crippen molar-refractivity contribution in [3.8, 4) is 11.5 Å². The van der Waals surface area contributed by atoms with E-state index in [0.717, 1.165) is 62.8 Å². The molecular weight excluding hydrogens is 402 g/mol. The maximum Gasteiger partial charge on any atom is 0.227 e. The van der Waals surface area contributed by atoms with Crippen LogP contribution in [0.2, 0.25) is 0 Å². The average molecular weight is 436 g/mol. The highest BCUT2D eigenvalue weighted by Gasteiger charge is 2.23. The molecule has 2 aromatic carbocycles. The van der Waals surface area contributed by atoms with Crippen molar-refractivity contribution in [3.05, 3.63) is 60.7 Å². The summed E-state index contributed by atoms with van der Waals surface area (Å²) < 4.78 is 11.5. The number of amides is 1. The smallest absolute Gasteiger partial charge is 0.227 e. The lowest BCUT2D eigenvalue weighted by atomic mass is 10.0. The summed E-state index contributed by atoms with van der Waals surface area (Å²) in [6.45, 7) is 10.1. The molecule has 0 bridgehead atoms. The molecule has 6 nitrogen and oxygen atoms in total. The Bertz CT molecular complexity index is 938. The van der Waals surface area contributed by atoms with Crippen molar-refractivity contribution in [1.82, 2.24) is 4.90 Å². The summed E-state index contributed by atoms with van der Waals surface area (Å²) in [7, 11) is 1.73. The van der Waals surface area contributed by atoms with Crippen LogP contribution in [0.3, 0.4) is 0 Å². The Hall–Kier alpha value is -2.99. The number of ether oxygens (including phenoxy) is 2. The zero-order valence-corrected chi connectivity index (χ0v) is 19.0. The maximum atomic E-state index is 12.3. The van der Waals surface area contributed by atoms with Gasteiger partial charge in [-0.15, -0.1) is 6.58 Å². The Morgan fingerprint density at radius 1 is 1.03 bits per heavy atom. The van der Waals surface area contributed by atoms with Crippen molar-refractivity contribution in [1.29, 1.82) is 0 Å². The van der Waals surface area contributed by atoms with Crippen LogP contribution in [0.15, 0.2) is 55.1 Å². The van der Waals surface area contributed by atoms with Gasteiger partial charge < -0.3 is 19.3 Å². The molecule has 0 spiro atoms. The molecule has 0 aromatic heterocycles. The molecule has 2 aliphatic heterocycles. The molecule has 1 fully saturated rings. The van der Waals surface area contributed by atoms with Gasteiger partial charge in [0.1, 0.15) is 11.5 Å². The number of nitrogens with zero attached hydrogens (tertiary/aromatic N) is 3. The molecule has 1 amide bonds. The second-order valence-electron chi connectivity index (χ2n) is 8.29. The van der Waals surface area contributed by atoms with Crippen LogP contribution in [0, 0.1) is 0 Å². The quantitative estimate of drug-likeness (QED) is 0.443. The predicted molar refractivity (Wildman–Crippen MR) is 129 cm³/mol. The number of hydrogen-bond acceptors (Lipinski definition) is 5. The van der Waals surface area contributed by atoms with Gasteiger partial charge in [0.2, 0.25) is 5.91 Å². The third kappa shape index (κ3) is 5.07. The third-order valence-electron chi connectivity index (χ3n) is 6.25. The molecule has 1 saturated heterocycles. The van der Waals surface area contributed by atoms with E-state index in [1.54, 1.807) is 18.1 Å². The molecule has 2 aromatic rings. The number of hydrogen-bond donors (Lipinski definition) is 0. The van der Waals surface area contributed by atoms with Gasteiger partial charge >= 0.3 is 0 Å². The number of para-hydroxylation sites is 2. The first kappa shape index (κ1) is 22.2. The van der Waals surface area contributed by atoms with Gasteiger partial charge in [0.25, 0.3) is 0 Å². The van der Waals surface area contributed by atoms with E-state index in [-0.39, 0.29) is 5.91 Å². The molecule has 2 aliphatic rings. The maximum absolute atomic E-state index is 12.3. The van der Waals surface area contributed by atoms with E-state index in [0.29, 0.717) is 19.6 Å². The highest BCUT2D eigenvalue weighted by Crippen LogP contribution is 2.32. The van der Waals surface area contributed by atoms with E-state index in [1.807, 2.05) is 24.3 Å². The standard InChI is InChI=1S/C26H33N3O3/c1-3-13-29-24-20-22(11-9-21(24)10-12-26(29)30)32-19-6-14-27-15-17-28(18-16-27)23-7-4-5-8-25(23)31-2/h3-5,7-9,11,20H,1,6,10,12-19H2,2H3. The largest absolute Gasteiger partial charge is 0.495 e. The molecule has 6 heteroatoms. The second-order valence-corrected chi connectivity index (χ2v) is 8.29. The van der Waals surface area contributed by atoms with E-state index in [4.69, 9.17) is 9.47 Å². The summed E-state index contributed by atoms with van der Waals surface area (Å²) in [4.78, 5) is 19.0. The molecule has 4 rings (SSSR count). The highest BCUT2D eigenvalue weighted by atomic mass is 16.5. The Labute approximate surface area is 191 Å². The molecular formula is C26H33N3O3. The van der Waals surface area contributed by atoms with Gasteiger partial charge in [0, 0.05) is 51.8 Å². The zero-order chi connectivity index (χ0) is 22.3. The number of methoxy groups -OCH3 is 1. The lowest BCUT2D eigenvalue weighted by molar-refractivity contribution is -0.118. The van der Waals surface area contributed by atoms with Gasteiger partial charge in [0.05, 0.1) is 25.1 Å². The van der Waals surface area contributed by atoms with Crippen molar-refractivity contribution in [2.45, 2.75) is 19.3 Å². The van der Waals surface area contributed by atoms with Crippen LogP contribution in [-0.2, 0) is 11.2 Å². The summed E-state index contributed by atoms with van der Waals surface area (Å²) in [5.74, 6) is 1.92. The van der Waals surface area contributed by atoms with Gasteiger partial charge in [-0.25, -0.2) is 0 Å². The Kier molecular flexibility index (Phi) is 7.32. The molecule has 2 heterocycles. The predicted octanol–water partition coefficient (Wildman–Crippen LogP) is 3.75. The third-order valence-corrected chi connectivity index (χ3v) is 6.25. The van der Waals surface area contributed by atoms with Gasteiger partial charge in [-0.1, -0.05) is 24.3 Å². The molecule has 0 saturated carbocycles. The second kappa shape index (κ2) is 10.6. The van der Waals surface area contributed by atoms with Crippen LogP contribution >= 0.6 is 0 Å². The fourth-order valence-electron chi connectivity index (χ4n) is 4.52. The first-order valence-electron chi connectivity index (χ1n) is 11.5. The van der Waals surface area contributed by atoms with Crippen molar-refractivity contribution >= 4 is 17.3 Å². The average Bonchev–Trinajstić information content (AvgIpc) is 2.84. The zero-order valence-electron chi connectivity index (χ0n) is 19.0. The fourth-order valence-corrected chi connectivity index (χ4v) is 4.52. The molecule has 0 aliphatic carbocycles.